The summed E-state index contributed by atoms with van der Waals surface area (Å²) in [5.74, 6) is -4.01. The molecule has 0 heterocycles. The molecule has 0 aliphatic carbocycles. The monoisotopic (exact) mass is 146 g/mol. The zero-order valence-electron chi connectivity index (χ0n) is 5.49. The van der Waals surface area contributed by atoms with Crippen LogP contribution < -0.4 is 15.9 Å². The first-order valence-corrected chi connectivity index (χ1v) is 2.71. The number of carbonyl (C=O) groups excluding carboxylic acids is 2. The molecular formula is C5H8NO4-. The SMILES string of the molecule is C[C@@H](C(=O)[O-])[C@H]([NH3+])C(=O)[O-]. The van der Waals surface area contributed by atoms with Crippen molar-refractivity contribution >= 4 is 11.9 Å². The average Bonchev–Trinajstić information content (AvgIpc) is 1.84. The van der Waals surface area contributed by atoms with Gasteiger partial charge in [0.1, 0.15) is 6.04 Å². The second-order valence-corrected chi connectivity index (χ2v) is 2.03. The molecule has 0 spiro atoms. The summed E-state index contributed by atoms with van der Waals surface area (Å²) in [4.78, 5) is 20.0. The number of carbonyl (C=O) groups is 2. The lowest BCUT2D eigenvalue weighted by Gasteiger charge is -2.17. The van der Waals surface area contributed by atoms with Crippen molar-refractivity contribution in [3.05, 3.63) is 0 Å². The molecule has 58 valence electrons. The number of hydrogen-bond donors (Lipinski definition) is 1. The Morgan fingerprint density at radius 2 is 1.70 bits per heavy atom. The second kappa shape index (κ2) is 3.17. The van der Waals surface area contributed by atoms with Crippen LogP contribution in [0.5, 0.6) is 0 Å². The Balaban J connectivity index is 4.07. The van der Waals surface area contributed by atoms with Crippen LogP contribution >= 0.6 is 0 Å². The molecule has 0 aliphatic rings. The molecule has 5 nitrogen and oxygen atoms in total. The maximum Gasteiger partial charge on any atom is 0.132 e. The highest BCUT2D eigenvalue weighted by Gasteiger charge is 2.17. The molecule has 0 amide bonds. The van der Waals surface area contributed by atoms with Crippen LogP contribution in [0, 0.1) is 5.92 Å². The molecular weight excluding hydrogens is 138 g/mol. The van der Waals surface area contributed by atoms with E-state index in [-0.39, 0.29) is 0 Å². The van der Waals surface area contributed by atoms with Crippen molar-refractivity contribution in [3.8, 4) is 0 Å². The zero-order valence-corrected chi connectivity index (χ0v) is 5.49. The first kappa shape index (κ1) is 8.90. The lowest BCUT2D eigenvalue weighted by atomic mass is 10.0. The summed E-state index contributed by atoms with van der Waals surface area (Å²) >= 11 is 0. The summed E-state index contributed by atoms with van der Waals surface area (Å²) < 4.78 is 0. The largest absolute Gasteiger partial charge is 0.550 e. The van der Waals surface area contributed by atoms with E-state index in [0.29, 0.717) is 0 Å². The minimum absolute atomic E-state index is 1.11. The van der Waals surface area contributed by atoms with Gasteiger partial charge in [-0.05, 0) is 0 Å². The normalized spacial score (nSPS) is 15.8. The van der Waals surface area contributed by atoms with E-state index in [1.165, 1.54) is 6.92 Å². The Bertz CT molecular complexity index is 138. The standard InChI is InChI=1S/C5H9NO4/c1-2(4(7)8)3(6)5(9)10/h2-3H,6H2,1H3,(H,7,8)(H,9,10)/p-1/t2-,3+/m1/s1. The molecule has 0 aliphatic heterocycles. The van der Waals surface area contributed by atoms with Crippen LogP contribution in [-0.2, 0) is 9.59 Å². The first-order chi connectivity index (χ1) is 4.46. The van der Waals surface area contributed by atoms with Crippen molar-refractivity contribution in [1.82, 2.24) is 0 Å². The van der Waals surface area contributed by atoms with Crippen molar-refractivity contribution in [1.29, 1.82) is 0 Å². The predicted octanol–water partition coefficient (Wildman–Crippen LogP) is -4.27. The number of carboxylic acids is 2. The third kappa shape index (κ3) is 2.02. The fourth-order valence-corrected chi connectivity index (χ4v) is 0.368. The molecule has 0 aromatic carbocycles. The maximum atomic E-state index is 10.0. The van der Waals surface area contributed by atoms with E-state index in [1.54, 1.807) is 0 Å². The molecule has 0 aromatic heterocycles. The van der Waals surface area contributed by atoms with Gasteiger partial charge in [-0.25, -0.2) is 0 Å². The summed E-state index contributed by atoms with van der Waals surface area (Å²) in [5, 5.41) is 20.0. The minimum atomic E-state index is -1.48. The second-order valence-electron chi connectivity index (χ2n) is 2.03. The molecule has 5 heteroatoms. The Morgan fingerprint density at radius 3 is 1.80 bits per heavy atom. The van der Waals surface area contributed by atoms with E-state index in [0.717, 1.165) is 0 Å². The average molecular weight is 146 g/mol. The van der Waals surface area contributed by atoms with Gasteiger partial charge in [0.2, 0.25) is 0 Å². The number of hydrogen-bond acceptors (Lipinski definition) is 4. The molecule has 2 atom stereocenters. The molecule has 3 N–H and O–H groups in total. The first-order valence-electron chi connectivity index (χ1n) is 2.71. The smallest absolute Gasteiger partial charge is 0.132 e. The fourth-order valence-electron chi connectivity index (χ4n) is 0.368. The Labute approximate surface area is 57.5 Å². The Kier molecular flexibility index (Phi) is 2.82. The van der Waals surface area contributed by atoms with E-state index in [9.17, 15) is 19.8 Å². The van der Waals surface area contributed by atoms with Gasteiger partial charge in [0.05, 0.1) is 17.9 Å². The highest BCUT2D eigenvalue weighted by atomic mass is 16.4. The van der Waals surface area contributed by atoms with E-state index >= 15 is 0 Å². The molecule has 0 saturated heterocycles. The number of quaternary nitrogens is 1. The van der Waals surface area contributed by atoms with E-state index in [4.69, 9.17) is 0 Å². The summed E-state index contributed by atoms with van der Waals surface area (Å²) in [5.41, 5.74) is 3.08. The molecule has 0 bridgehead atoms. The molecule has 0 rings (SSSR count). The van der Waals surface area contributed by atoms with Gasteiger partial charge in [-0.1, -0.05) is 6.92 Å². The van der Waals surface area contributed by atoms with Gasteiger partial charge in [-0.15, -0.1) is 0 Å². The van der Waals surface area contributed by atoms with Crippen molar-refractivity contribution in [3.63, 3.8) is 0 Å². The Hall–Kier alpha value is -1.10. The van der Waals surface area contributed by atoms with E-state index in [2.05, 4.69) is 5.73 Å². The van der Waals surface area contributed by atoms with Gasteiger partial charge in [-0.3, -0.25) is 0 Å². The molecule has 0 fully saturated rings. The van der Waals surface area contributed by atoms with Crippen molar-refractivity contribution in [2.24, 2.45) is 5.92 Å². The predicted molar refractivity (Wildman–Crippen MR) is 25.9 cm³/mol. The molecule has 0 saturated carbocycles. The summed E-state index contributed by atoms with van der Waals surface area (Å²) in [6.07, 6.45) is 0. The van der Waals surface area contributed by atoms with Crippen LogP contribution in [0.2, 0.25) is 0 Å². The topological polar surface area (TPSA) is 108 Å². The molecule has 0 radical (unpaired) electrons. The molecule has 10 heavy (non-hydrogen) atoms. The van der Waals surface area contributed by atoms with Gasteiger partial charge in [0.25, 0.3) is 0 Å². The third-order valence-electron chi connectivity index (χ3n) is 1.28. The van der Waals surface area contributed by atoms with Crippen LogP contribution in [-0.4, -0.2) is 18.0 Å². The Morgan fingerprint density at radius 1 is 1.30 bits per heavy atom. The van der Waals surface area contributed by atoms with Crippen molar-refractivity contribution < 1.29 is 25.5 Å². The fraction of sp³-hybridized carbons (Fsp3) is 0.600. The van der Waals surface area contributed by atoms with Crippen molar-refractivity contribution in [2.75, 3.05) is 0 Å². The highest BCUT2D eigenvalue weighted by Crippen LogP contribution is 1.94. The van der Waals surface area contributed by atoms with E-state index in [1.807, 2.05) is 0 Å². The van der Waals surface area contributed by atoms with Crippen LogP contribution in [0.25, 0.3) is 0 Å². The van der Waals surface area contributed by atoms with Crippen LogP contribution in [0.15, 0.2) is 0 Å². The summed E-state index contributed by atoms with van der Waals surface area (Å²) in [6, 6.07) is -1.25. The van der Waals surface area contributed by atoms with Crippen LogP contribution in [0.3, 0.4) is 0 Å². The summed E-state index contributed by atoms with van der Waals surface area (Å²) in [6.45, 7) is 1.21. The van der Waals surface area contributed by atoms with Crippen LogP contribution in [0.4, 0.5) is 0 Å². The van der Waals surface area contributed by atoms with E-state index < -0.39 is 23.9 Å². The van der Waals surface area contributed by atoms with Gasteiger partial charge in [0.15, 0.2) is 0 Å². The van der Waals surface area contributed by atoms with Gasteiger partial charge < -0.3 is 25.5 Å². The van der Waals surface area contributed by atoms with Crippen LogP contribution in [0.1, 0.15) is 6.92 Å². The van der Waals surface area contributed by atoms with Gasteiger partial charge in [0, 0.05) is 0 Å². The van der Waals surface area contributed by atoms with Gasteiger partial charge in [-0.2, -0.15) is 0 Å². The zero-order chi connectivity index (χ0) is 8.31. The summed E-state index contributed by atoms with van der Waals surface area (Å²) in [7, 11) is 0. The highest BCUT2D eigenvalue weighted by molar-refractivity contribution is 5.78. The van der Waals surface area contributed by atoms with Gasteiger partial charge >= 0.3 is 0 Å². The molecule has 0 aromatic rings. The minimum Gasteiger partial charge on any atom is -0.550 e. The molecule has 0 unspecified atom stereocenters. The maximum absolute atomic E-state index is 10.0. The quantitative estimate of drug-likeness (QED) is 0.434. The number of rotatable bonds is 3. The number of carboxylic acid groups (broad SMARTS) is 2. The number of aliphatic carboxylic acids is 2. The lowest BCUT2D eigenvalue weighted by molar-refractivity contribution is -0.449. The lowest BCUT2D eigenvalue weighted by Crippen LogP contribution is -2.72. The third-order valence-corrected chi connectivity index (χ3v) is 1.28. The van der Waals surface area contributed by atoms with Crippen molar-refractivity contribution in [2.45, 2.75) is 13.0 Å².